The first-order chi connectivity index (χ1) is 5.65. The normalized spacial score (nSPS) is 12.2. The van der Waals surface area contributed by atoms with Crippen LogP contribution in [-0.4, -0.2) is 0 Å². The lowest BCUT2D eigenvalue weighted by Crippen LogP contribution is -1.88. The van der Waals surface area contributed by atoms with Gasteiger partial charge in [-0.05, 0) is 24.6 Å². The highest BCUT2D eigenvalue weighted by molar-refractivity contribution is 6.31. The summed E-state index contributed by atoms with van der Waals surface area (Å²) in [5.41, 5.74) is 2.04. The maximum atomic E-state index is 6.86. The third-order valence-electron chi connectivity index (χ3n) is 1.80. The second-order valence-electron chi connectivity index (χ2n) is 2.83. The van der Waals surface area contributed by atoms with Gasteiger partial charge in [0.05, 0.1) is 10.6 Å². The van der Waals surface area contributed by atoms with Gasteiger partial charge in [-0.3, -0.25) is 0 Å². The second-order valence-corrected chi connectivity index (χ2v) is 3.24. The molecule has 2 heteroatoms. The quantitative estimate of drug-likeness (QED) is 0.580. The predicted octanol–water partition coefficient (Wildman–Crippen LogP) is 3.63. The van der Waals surface area contributed by atoms with E-state index in [1.165, 1.54) is 0 Å². The predicted molar refractivity (Wildman–Crippen MR) is 51.2 cm³/mol. The number of rotatable bonds is 1. The zero-order chi connectivity index (χ0) is 9.14. The molecule has 0 heterocycles. The Hall–Kier alpha value is -1.00. The molecule has 0 fully saturated rings. The molecule has 0 amide bonds. The lowest BCUT2D eigenvalue weighted by molar-refractivity contribution is 0.960. The number of aryl methyl sites for hydroxylation is 1. The molecule has 1 aromatic rings. The van der Waals surface area contributed by atoms with Crippen LogP contribution in [0.5, 0.6) is 0 Å². The molecule has 1 atom stereocenters. The molecule has 0 aliphatic carbocycles. The standard InChI is InChI=1S/C10H10ClN/c1-7-4-5-9(8(2)12-3)10(11)6-7/h4-6,8H,1-2H3. The van der Waals surface area contributed by atoms with Gasteiger partial charge in [-0.15, -0.1) is 0 Å². The van der Waals surface area contributed by atoms with Crippen LogP contribution in [0.1, 0.15) is 24.1 Å². The molecule has 0 N–H and O–H groups in total. The van der Waals surface area contributed by atoms with Crippen LogP contribution in [-0.2, 0) is 0 Å². The highest BCUT2D eigenvalue weighted by atomic mass is 35.5. The SMILES string of the molecule is [C-]#[N+]C(C)c1ccc(C)cc1Cl. The molecule has 0 radical (unpaired) electrons. The van der Waals surface area contributed by atoms with Crippen molar-refractivity contribution in [2.24, 2.45) is 0 Å². The van der Waals surface area contributed by atoms with Crippen molar-refractivity contribution < 1.29 is 0 Å². The van der Waals surface area contributed by atoms with Crippen molar-refractivity contribution in [3.05, 3.63) is 45.8 Å². The minimum Gasteiger partial charge on any atom is -0.309 e. The van der Waals surface area contributed by atoms with Crippen molar-refractivity contribution in [3.63, 3.8) is 0 Å². The van der Waals surface area contributed by atoms with Crippen LogP contribution in [0.25, 0.3) is 4.85 Å². The fourth-order valence-corrected chi connectivity index (χ4v) is 1.43. The molecule has 62 valence electrons. The van der Waals surface area contributed by atoms with E-state index >= 15 is 0 Å². The van der Waals surface area contributed by atoms with Gasteiger partial charge in [-0.25, -0.2) is 6.57 Å². The topological polar surface area (TPSA) is 4.36 Å². The Morgan fingerprint density at radius 3 is 2.67 bits per heavy atom. The van der Waals surface area contributed by atoms with Gasteiger partial charge in [0, 0.05) is 6.92 Å². The molecule has 1 unspecified atom stereocenters. The largest absolute Gasteiger partial charge is 0.309 e. The van der Waals surface area contributed by atoms with Crippen molar-refractivity contribution in [2.75, 3.05) is 0 Å². The lowest BCUT2D eigenvalue weighted by Gasteiger charge is -2.02. The average molecular weight is 180 g/mol. The number of nitrogens with zero attached hydrogens (tertiary/aromatic N) is 1. The molecule has 1 nitrogen and oxygen atoms in total. The van der Waals surface area contributed by atoms with Crippen LogP contribution in [0.4, 0.5) is 0 Å². The molecule has 1 rings (SSSR count). The third kappa shape index (κ3) is 1.78. The van der Waals surface area contributed by atoms with Crippen molar-refractivity contribution >= 4 is 11.6 Å². The first kappa shape index (κ1) is 9.09. The van der Waals surface area contributed by atoms with E-state index in [1.54, 1.807) is 0 Å². The van der Waals surface area contributed by atoms with E-state index in [0.717, 1.165) is 11.1 Å². The molecule has 12 heavy (non-hydrogen) atoms. The summed E-state index contributed by atoms with van der Waals surface area (Å²) in [6.45, 7) is 10.7. The van der Waals surface area contributed by atoms with Crippen LogP contribution in [0, 0.1) is 13.5 Å². The smallest absolute Gasteiger partial charge is 0.247 e. The Kier molecular flexibility index (Phi) is 2.73. The van der Waals surface area contributed by atoms with Gasteiger partial charge in [0.1, 0.15) is 0 Å². The number of hydrogen-bond acceptors (Lipinski definition) is 0. The fourth-order valence-electron chi connectivity index (χ4n) is 1.04. The first-order valence-corrected chi connectivity index (χ1v) is 4.15. The third-order valence-corrected chi connectivity index (χ3v) is 2.13. The monoisotopic (exact) mass is 179 g/mol. The first-order valence-electron chi connectivity index (χ1n) is 3.77. The lowest BCUT2D eigenvalue weighted by atomic mass is 10.1. The Morgan fingerprint density at radius 2 is 2.17 bits per heavy atom. The highest BCUT2D eigenvalue weighted by Gasteiger charge is 2.11. The number of halogens is 1. The zero-order valence-electron chi connectivity index (χ0n) is 7.13. The van der Waals surface area contributed by atoms with Crippen LogP contribution in [0.3, 0.4) is 0 Å². The van der Waals surface area contributed by atoms with E-state index in [-0.39, 0.29) is 6.04 Å². The minimum absolute atomic E-state index is 0.141. The molecular weight excluding hydrogens is 170 g/mol. The van der Waals surface area contributed by atoms with Crippen molar-refractivity contribution in [1.29, 1.82) is 0 Å². The fraction of sp³-hybridized carbons (Fsp3) is 0.300. The molecule has 0 spiro atoms. The molecule has 1 aromatic carbocycles. The van der Waals surface area contributed by atoms with E-state index in [9.17, 15) is 0 Å². The van der Waals surface area contributed by atoms with Crippen molar-refractivity contribution in [3.8, 4) is 0 Å². The summed E-state index contributed by atoms with van der Waals surface area (Å²) in [4.78, 5) is 3.41. The summed E-state index contributed by atoms with van der Waals surface area (Å²) in [5, 5.41) is 0.693. The Bertz CT molecular complexity index is 325. The summed E-state index contributed by atoms with van der Waals surface area (Å²) in [7, 11) is 0. The van der Waals surface area contributed by atoms with Gasteiger partial charge in [-0.2, -0.15) is 0 Å². The molecule has 0 aliphatic heterocycles. The second kappa shape index (κ2) is 3.60. The van der Waals surface area contributed by atoms with Gasteiger partial charge in [0.15, 0.2) is 0 Å². The molecule has 0 aliphatic rings. The van der Waals surface area contributed by atoms with Crippen LogP contribution >= 0.6 is 11.6 Å². The Morgan fingerprint density at radius 1 is 1.50 bits per heavy atom. The van der Waals surface area contributed by atoms with Gasteiger partial charge in [-0.1, -0.05) is 17.7 Å². The summed E-state index contributed by atoms with van der Waals surface area (Å²) < 4.78 is 0. The Labute approximate surface area is 77.8 Å². The van der Waals surface area contributed by atoms with E-state index in [2.05, 4.69) is 4.85 Å². The van der Waals surface area contributed by atoms with Gasteiger partial charge in [0.25, 0.3) is 0 Å². The van der Waals surface area contributed by atoms with E-state index in [0.29, 0.717) is 5.02 Å². The maximum absolute atomic E-state index is 6.86. The van der Waals surface area contributed by atoms with Gasteiger partial charge < -0.3 is 4.85 Å². The molecular formula is C10H10ClN. The minimum atomic E-state index is -0.141. The van der Waals surface area contributed by atoms with Crippen LogP contribution in [0.2, 0.25) is 5.02 Å². The zero-order valence-corrected chi connectivity index (χ0v) is 7.89. The van der Waals surface area contributed by atoms with E-state index in [4.69, 9.17) is 18.2 Å². The van der Waals surface area contributed by atoms with Crippen LogP contribution in [0.15, 0.2) is 18.2 Å². The Balaban J connectivity index is 3.11. The summed E-state index contributed by atoms with van der Waals surface area (Å²) in [6, 6.07) is 5.64. The van der Waals surface area contributed by atoms with E-state index < -0.39 is 0 Å². The molecule has 0 bridgehead atoms. The summed E-state index contributed by atoms with van der Waals surface area (Å²) in [5.74, 6) is 0. The summed E-state index contributed by atoms with van der Waals surface area (Å²) >= 11 is 5.96. The van der Waals surface area contributed by atoms with Gasteiger partial charge >= 0.3 is 0 Å². The maximum Gasteiger partial charge on any atom is 0.247 e. The summed E-state index contributed by atoms with van der Waals surface area (Å²) in [6.07, 6.45) is 0. The van der Waals surface area contributed by atoms with E-state index in [1.807, 2.05) is 32.0 Å². The number of hydrogen-bond donors (Lipinski definition) is 0. The molecule has 0 saturated carbocycles. The highest BCUT2D eigenvalue weighted by Crippen LogP contribution is 2.25. The average Bonchev–Trinajstić information content (AvgIpc) is 2.03. The molecule has 0 saturated heterocycles. The van der Waals surface area contributed by atoms with Gasteiger partial charge in [0.2, 0.25) is 6.04 Å². The van der Waals surface area contributed by atoms with Crippen LogP contribution < -0.4 is 0 Å². The number of benzene rings is 1. The van der Waals surface area contributed by atoms with Crippen molar-refractivity contribution in [1.82, 2.24) is 0 Å². The molecule has 0 aromatic heterocycles. The van der Waals surface area contributed by atoms with Crippen molar-refractivity contribution in [2.45, 2.75) is 19.9 Å².